The number of halogens is 3. The molecule has 0 aromatic carbocycles. The Labute approximate surface area is 107 Å². The Bertz CT molecular complexity index is 245. The van der Waals surface area contributed by atoms with Crippen molar-refractivity contribution in [2.75, 3.05) is 0 Å². The lowest BCUT2D eigenvalue weighted by Gasteiger charge is -2.39. The first-order valence-electron chi connectivity index (χ1n) is 6.82. The predicted molar refractivity (Wildman–Crippen MR) is 66.8 cm³/mol. The van der Waals surface area contributed by atoms with Crippen LogP contribution in [-0.2, 0) is 0 Å². The molecular weight excluding hydrogens is 241 g/mol. The van der Waals surface area contributed by atoms with Crippen LogP contribution in [0.25, 0.3) is 0 Å². The molecule has 0 aromatic rings. The van der Waals surface area contributed by atoms with Gasteiger partial charge < -0.3 is 0 Å². The van der Waals surface area contributed by atoms with Crippen molar-refractivity contribution >= 4 is 0 Å². The molecule has 1 atom stereocenters. The van der Waals surface area contributed by atoms with E-state index in [2.05, 4.69) is 19.3 Å². The summed E-state index contributed by atoms with van der Waals surface area (Å²) >= 11 is 0. The van der Waals surface area contributed by atoms with E-state index in [1.807, 2.05) is 0 Å². The maximum Gasteiger partial charge on any atom is 0.389 e. The second kappa shape index (κ2) is 6.24. The molecule has 1 aliphatic rings. The molecule has 1 rings (SSSR count). The SMILES string of the molecule is CC(C)CC1(C(CCC(F)(F)F)NN)CCCC1. The number of hydrazine groups is 1. The third-order valence-electron chi connectivity index (χ3n) is 4.07. The summed E-state index contributed by atoms with van der Waals surface area (Å²) in [4.78, 5) is 0. The van der Waals surface area contributed by atoms with Gasteiger partial charge in [0.1, 0.15) is 0 Å². The third kappa shape index (κ3) is 4.43. The van der Waals surface area contributed by atoms with Gasteiger partial charge >= 0.3 is 6.18 Å². The molecule has 1 saturated carbocycles. The van der Waals surface area contributed by atoms with Crippen LogP contribution in [0.1, 0.15) is 58.8 Å². The summed E-state index contributed by atoms with van der Waals surface area (Å²) in [6.45, 7) is 4.24. The molecule has 0 bridgehead atoms. The molecule has 0 saturated heterocycles. The molecule has 0 heterocycles. The van der Waals surface area contributed by atoms with Crippen molar-refractivity contribution in [1.29, 1.82) is 0 Å². The molecule has 0 aliphatic heterocycles. The molecule has 108 valence electrons. The average Bonchev–Trinajstić information content (AvgIpc) is 2.65. The monoisotopic (exact) mass is 266 g/mol. The minimum atomic E-state index is -4.09. The van der Waals surface area contributed by atoms with E-state index in [1.54, 1.807) is 0 Å². The van der Waals surface area contributed by atoms with E-state index in [0.29, 0.717) is 5.92 Å². The number of nitrogens with two attached hydrogens (primary N) is 1. The molecule has 18 heavy (non-hydrogen) atoms. The summed E-state index contributed by atoms with van der Waals surface area (Å²) in [6.07, 6.45) is 0.421. The first-order valence-corrected chi connectivity index (χ1v) is 6.82. The highest BCUT2D eigenvalue weighted by molar-refractivity contribution is 4.94. The fourth-order valence-electron chi connectivity index (χ4n) is 3.46. The van der Waals surface area contributed by atoms with E-state index in [4.69, 9.17) is 5.84 Å². The standard InChI is InChI=1S/C13H25F3N2/c1-10(2)9-12(6-3-4-7-12)11(18-17)5-8-13(14,15)16/h10-11,18H,3-9,17H2,1-2H3. The van der Waals surface area contributed by atoms with Gasteiger partial charge in [0.25, 0.3) is 0 Å². The van der Waals surface area contributed by atoms with E-state index in [-0.39, 0.29) is 17.9 Å². The zero-order valence-corrected chi connectivity index (χ0v) is 11.3. The second-order valence-corrected chi connectivity index (χ2v) is 6.04. The quantitative estimate of drug-likeness (QED) is 0.567. The molecule has 0 aromatic heterocycles. The first-order chi connectivity index (χ1) is 8.29. The normalized spacial score (nSPS) is 21.5. The lowest BCUT2D eigenvalue weighted by molar-refractivity contribution is -0.138. The number of alkyl halides is 3. The minimum Gasteiger partial charge on any atom is -0.271 e. The number of nitrogens with one attached hydrogen (secondary N) is 1. The molecule has 2 nitrogen and oxygen atoms in total. The van der Waals surface area contributed by atoms with Crippen molar-refractivity contribution in [2.24, 2.45) is 17.2 Å². The van der Waals surface area contributed by atoms with Crippen LogP contribution in [0.3, 0.4) is 0 Å². The van der Waals surface area contributed by atoms with Gasteiger partial charge in [0, 0.05) is 12.5 Å². The van der Waals surface area contributed by atoms with Gasteiger partial charge in [-0.25, -0.2) is 0 Å². The van der Waals surface area contributed by atoms with Crippen molar-refractivity contribution < 1.29 is 13.2 Å². The smallest absolute Gasteiger partial charge is 0.271 e. The number of rotatable bonds is 6. The Morgan fingerprint density at radius 2 is 1.78 bits per heavy atom. The maximum atomic E-state index is 12.4. The van der Waals surface area contributed by atoms with Gasteiger partial charge in [-0.2, -0.15) is 13.2 Å². The summed E-state index contributed by atoms with van der Waals surface area (Å²) in [5.41, 5.74) is 2.63. The lowest BCUT2D eigenvalue weighted by Crippen LogP contribution is -2.48. The van der Waals surface area contributed by atoms with Gasteiger partial charge in [-0.05, 0) is 37.0 Å². The van der Waals surface area contributed by atoms with Gasteiger partial charge in [0.2, 0.25) is 0 Å². The van der Waals surface area contributed by atoms with Crippen molar-refractivity contribution in [3.05, 3.63) is 0 Å². The third-order valence-corrected chi connectivity index (χ3v) is 4.07. The van der Waals surface area contributed by atoms with E-state index in [0.717, 1.165) is 32.1 Å². The largest absolute Gasteiger partial charge is 0.389 e. The summed E-state index contributed by atoms with van der Waals surface area (Å²) in [7, 11) is 0. The highest BCUT2D eigenvalue weighted by atomic mass is 19.4. The zero-order valence-electron chi connectivity index (χ0n) is 11.3. The van der Waals surface area contributed by atoms with Crippen LogP contribution in [0.4, 0.5) is 13.2 Å². The molecule has 0 spiro atoms. The van der Waals surface area contributed by atoms with Crippen molar-refractivity contribution in [3.63, 3.8) is 0 Å². The van der Waals surface area contributed by atoms with Gasteiger partial charge in [-0.15, -0.1) is 0 Å². The highest BCUT2D eigenvalue weighted by Crippen LogP contribution is 2.47. The summed E-state index contributed by atoms with van der Waals surface area (Å²) in [6, 6.07) is -0.218. The molecular formula is C13H25F3N2. The Morgan fingerprint density at radius 1 is 1.22 bits per heavy atom. The number of hydrogen-bond acceptors (Lipinski definition) is 2. The zero-order chi connectivity index (χ0) is 13.8. The van der Waals surface area contributed by atoms with Crippen LogP contribution in [0, 0.1) is 11.3 Å². The molecule has 5 heteroatoms. The van der Waals surface area contributed by atoms with Crippen LogP contribution in [0.15, 0.2) is 0 Å². The first kappa shape index (κ1) is 15.8. The fourth-order valence-corrected chi connectivity index (χ4v) is 3.46. The summed E-state index contributed by atoms with van der Waals surface area (Å²) < 4.78 is 37.1. The van der Waals surface area contributed by atoms with Crippen LogP contribution >= 0.6 is 0 Å². The van der Waals surface area contributed by atoms with Crippen molar-refractivity contribution in [3.8, 4) is 0 Å². The van der Waals surface area contributed by atoms with Gasteiger partial charge in [-0.3, -0.25) is 11.3 Å². The molecule has 0 amide bonds. The van der Waals surface area contributed by atoms with E-state index in [1.165, 1.54) is 0 Å². The Balaban J connectivity index is 2.69. The van der Waals surface area contributed by atoms with Crippen molar-refractivity contribution in [1.82, 2.24) is 5.43 Å². The van der Waals surface area contributed by atoms with Gasteiger partial charge in [0.05, 0.1) is 0 Å². The van der Waals surface area contributed by atoms with Crippen LogP contribution in [-0.4, -0.2) is 12.2 Å². The molecule has 1 unspecified atom stereocenters. The minimum absolute atomic E-state index is 0.0336. The Kier molecular flexibility index (Phi) is 5.46. The fraction of sp³-hybridized carbons (Fsp3) is 1.00. The lowest BCUT2D eigenvalue weighted by atomic mass is 9.71. The molecule has 3 N–H and O–H groups in total. The van der Waals surface area contributed by atoms with E-state index < -0.39 is 12.6 Å². The summed E-state index contributed by atoms with van der Waals surface area (Å²) in [5.74, 6) is 6.02. The number of hydrogen-bond donors (Lipinski definition) is 2. The predicted octanol–water partition coefficient (Wildman–Crippen LogP) is 3.77. The van der Waals surface area contributed by atoms with Gasteiger partial charge in [0.15, 0.2) is 0 Å². The maximum absolute atomic E-state index is 12.4. The average molecular weight is 266 g/mol. The second-order valence-electron chi connectivity index (χ2n) is 6.04. The molecule has 1 fully saturated rings. The van der Waals surface area contributed by atoms with E-state index in [9.17, 15) is 13.2 Å². The van der Waals surface area contributed by atoms with Gasteiger partial charge in [-0.1, -0.05) is 26.7 Å². The van der Waals surface area contributed by atoms with Crippen LogP contribution in [0.2, 0.25) is 0 Å². The molecule has 0 radical (unpaired) electrons. The van der Waals surface area contributed by atoms with Crippen LogP contribution in [0.5, 0.6) is 0 Å². The van der Waals surface area contributed by atoms with E-state index >= 15 is 0 Å². The summed E-state index contributed by atoms with van der Waals surface area (Å²) in [5, 5.41) is 0. The topological polar surface area (TPSA) is 38.0 Å². The van der Waals surface area contributed by atoms with Crippen molar-refractivity contribution in [2.45, 2.75) is 71.0 Å². The Hall–Kier alpha value is -0.290. The highest BCUT2D eigenvalue weighted by Gasteiger charge is 2.42. The van der Waals surface area contributed by atoms with Crippen LogP contribution < -0.4 is 11.3 Å². The molecule has 1 aliphatic carbocycles. The Morgan fingerprint density at radius 3 is 2.17 bits per heavy atom.